The number of carbonyl (C=O) groups is 1. The van der Waals surface area contributed by atoms with Gasteiger partial charge in [-0.2, -0.15) is 0 Å². The first-order valence-electron chi connectivity index (χ1n) is 10.3. The van der Waals surface area contributed by atoms with E-state index >= 15 is 0 Å². The molecule has 0 radical (unpaired) electrons. The lowest BCUT2D eigenvalue weighted by Crippen LogP contribution is -2.34. The average Bonchev–Trinajstić information content (AvgIpc) is 3.41. The van der Waals surface area contributed by atoms with Gasteiger partial charge in [0.2, 0.25) is 5.91 Å². The number of nitrogens with zero attached hydrogens (tertiary/aromatic N) is 1. The number of fused-ring (bicyclic) bond motifs is 1. The van der Waals surface area contributed by atoms with Crippen LogP contribution in [0.1, 0.15) is 22.9 Å². The molecule has 0 fully saturated rings. The number of amides is 1. The van der Waals surface area contributed by atoms with Gasteiger partial charge in [-0.15, -0.1) is 11.3 Å². The molecule has 2 aromatic carbocycles. The number of aromatic nitrogens is 1. The van der Waals surface area contributed by atoms with Gasteiger partial charge in [-0.05, 0) is 73.4 Å². The SMILES string of the molecule is CN(C)C(CNC(=O)CCc1c(-c2ccc(F)cc2)[nH]c2ccccc12)c1cccs1. The quantitative estimate of drug-likeness (QED) is 0.390. The number of carbonyl (C=O) groups excluding carboxylic acids is 1. The van der Waals surface area contributed by atoms with Crippen LogP contribution in [0.25, 0.3) is 22.2 Å². The molecular weight excluding hydrogens is 409 g/mol. The highest BCUT2D eigenvalue weighted by atomic mass is 32.1. The number of thiophene rings is 1. The smallest absolute Gasteiger partial charge is 0.220 e. The molecule has 4 nitrogen and oxygen atoms in total. The number of halogens is 1. The molecule has 0 saturated heterocycles. The summed E-state index contributed by atoms with van der Waals surface area (Å²) >= 11 is 1.70. The van der Waals surface area contributed by atoms with Crippen molar-refractivity contribution in [3.63, 3.8) is 0 Å². The molecule has 0 bridgehead atoms. The molecule has 0 aliphatic rings. The standard InChI is InChI=1S/C25H26FN3OS/c1-29(2)22(23-8-5-15-31-23)16-27-24(30)14-13-20-19-6-3-4-7-21(19)28-25(20)17-9-11-18(26)12-10-17/h3-12,15,22,28H,13-14,16H2,1-2H3,(H,27,30). The Kier molecular flexibility index (Phi) is 6.49. The van der Waals surface area contributed by atoms with E-state index in [2.05, 4.69) is 32.7 Å². The zero-order valence-electron chi connectivity index (χ0n) is 17.7. The molecule has 1 unspecified atom stereocenters. The van der Waals surface area contributed by atoms with Crippen molar-refractivity contribution >= 4 is 28.1 Å². The minimum absolute atomic E-state index is 0.0266. The van der Waals surface area contributed by atoms with Crippen LogP contribution in [0.4, 0.5) is 4.39 Å². The maximum atomic E-state index is 13.4. The number of hydrogen-bond acceptors (Lipinski definition) is 3. The monoisotopic (exact) mass is 435 g/mol. The Balaban J connectivity index is 1.49. The summed E-state index contributed by atoms with van der Waals surface area (Å²) in [6, 6.07) is 18.8. The Hall–Kier alpha value is -2.96. The molecule has 0 saturated carbocycles. The Labute approximate surface area is 185 Å². The van der Waals surface area contributed by atoms with Crippen molar-refractivity contribution < 1.29 is 9.18 Å². The van der Waals surface area contributed by atoms with Crippen LogP contribution in [0.5, 0.6) is 0 Å². The highest BCUT2D eigenvalue weighted by Crippen LogP contribution is 2.31. The van der Waals surface area contributed by atoms with Crippen LogP contribution in [0.15, 0.2) is 66.0 Å². The van der Waals surface area contributed by atoms with Crippen molar-refractivity contribution in [1.82, 2.24) is 15.2 Å². The summed E-state index contributed by atoms with van der Waals surface area (Å²) < 4.78 is 13.4. The van der Waals surface area contributed by atoms with Crippen molar-refractivity contribution in [3.8, 4) is 11.3 Å². The Morgan fingerprint density at radius 2 is 1.87 bits per heavy atom. The minimum atomic E-state index is -0.262. The fraction of sp³-hybridized carbons (Fsp3) is 0.240. The third kappa shape index (κ3) is 4.86. The summed E-state index contributed by atoms with van der Waals surface area (Å²) in [4.78, 5) is 19.5. The summed E-state index contributed by atoms with van der Waals surface area (Å²) in [7, 11) is 4.05. The normalized spacial score (nSPS) is 12.4. The highest BCUT2D eigenvalue weighted by Gasteiger charge is 2.18. The summed E-state index contributed by atoms with van der Waals surface area (Å²) in [6.07, 6.45) is 0.995. The summed E-state index contributed by atoms with van der Waals surface area (Å²) in [5.41, 5.74) is 3.96. The van der Waals surface area contributed by atoms with Crippen LogP contribution >= 0.6 is 11.3 Å². The number of para-hydroxylation sites is 1. The first-order valence-corrected chi connectivity index (χ1v) is 11.2. The van der Waals surface area contributed by atoms with E-state index in [-0.39, 0.29) is 17.8 Å². The van der Waals surface area contributed by atoms with E-state index in [0.717, 1.165) is 27.7 Å². The van der Waals surface area contributed by atoms with Crippen molar-refractivity contribution in [3.05, 3.63) is 82.3 Å². The Morgan fingerprint density at radius 1 is 1.10 bits per heavy atom. The predicted molar refractivity (Wildman–Crippen MR) is 126 cm³/mol. The fourth-order valence-corrected chi connectivity index (χ4v) is 4.80. The third-order valence-electron chi connectivity index (χ3n) is 5.54. The maximum absolute atomic E-state index is 13.4. The molecule has 0 aliphatic carbocycles. The molecule has 1 amide bonds. The van der Waals surface area contributed by atoms with E-state index in [1.165, 1.54) is 17.0 Å². The van der Waals surface area contributed by atoms with Crippen LogP contribution in [0.2, 0.25) is 0 Å². The fourth-order valence-electron chi connectivity index (χ4n) is 3.88. The van der Waals surface area contributed by atoms with E-state index in [4.69, 9.17) is 0 Å². The van der Waals surface area contributed by atoms with Gasteiger partial charge < -0.3 is 15.2 Å². The van der Waals surface area contributed by atoms with Crippen LogP contribution in [0.3, 0.4) is 0 Å². The molecule has 4 aromatic rings. The topological polar surface area (TPSA) is 48.1 Å². The predicted octanol–water partition coefficient (Wildman–Crippen LogP) is 5.39. The first-order chi connectivity index (χ1) is 15.0. The summed E-state index contributed by atoms with van der Waals surface area (Å²) in [5.74, 6) is -0.235. The average molecular weight is 436 g/mol. The molecule has 2 aromatic heterocycles. The van der Waals surface area contributed by atoms with Crippen molar-refractivity contribution in [2.24, 2.45) is 0 Å². The first kappa shape index (κ1) is 21.3. The van der Waals surface area contributed by atoms with Gasteiger partial charge in [0.25, 0.3) is 0 Å². The third-order valence-corrected chi connectivity index (χ3v) is 6.51. The molecular formula is C25H26FN3OS. The molecule has 160 valence electrons. The van der Waals surface area contributed by atoms with Gasteiger partial charge in [0, 0.05) is 34.4 Å². The lowest BCUT2D eigenvalue weighted by Gasteiger charge is -2.23. The van der Waals surface area contributed by atoms with Gasteiger partial charge >= 0.3 is 0 Å². The van der Waals surface area contributed by atoms with Gasteiger partial charge in [-0.25, -0.2) is 4.39 Å². The highest BCUT2D eigenvalue weighted by molar-refractivity contribution is 7.10. The number of aryl methyl sites for hydroxylation is 1. The number of benzene rings is 2. The Morgan fingerprint density at radius 3 is 2.58 bits per heavy atom. The number of rotatable bonds is 8. The number of H-pyrrole nitrogens is 1. The van der Waals surface area contributed by atoms with E-state index in [1.54, 1.807) is 23.5 Å². The van der Waals surface area contributed by atoms with Crippen molar-refractivity contribution in [2.75, 3.05) is 20.6 Å². The molecule has 2 heterocycles. The zero-order chi connectivity index (χ0) is 21.8. The molecule has 0 aliphatic heterocycles. The Bertz CT molecular complexity index is 1150. The van der Waals surface area contributed by atoms with Gasteiger partial charge in [-0.3, -0.25) is 4.79 Å². The van der Waals surface area contributed by atoms with E-state index in [1.807, 2.05) is 38.4 Å². The van der Waals surface area contributed by atoms with Crippen molar-refractivity contribution in [1.29, 1.82) is 0 Å². The minimum Gasteiger partial charge on any atom is -0.354 e. The van der Waals surface area contributed by atoms with Gasteiger partial charge in [0.1, 0.15) is 5.82 Å². The second-order valence-corrected chi connectivity index (χ2v) is 8.81. The summed E-state index contributed by atoms with van der Waals surface area (Å²) in [5, 5.41) is 6.25. The molecule has 2 N–H and O–H groups in total. The number of hydrogen-bond donors (Lipinski definition) is 2. The molecule has 31 heavy (non-hydrogen) atoms. The van der Waals surface area contributed by atoms with E-state index < -0.39 is 0 Å². The second-order valence-electron chi connectivity index (χ2n) is 7.83. The second kappa shape index (κ2) is 9.45. The van der Waals surface area contributed by atoms with Gasteiger partial charge in [0.05, 0.1) is 6.04 Å². The summed E-state index contributed by atoms with van der Waals surface area (Å²) in [6.45, 7) is 0.574. The molecule has 0 spiro atoms. The zero-order valence-corrected chi connectivity index (χ0v) is 18.5. The van der Waals surface area contributed by atoms with E-state index in [0.29, 0.717) is 19.4 Å². The van der Waals surface area contributed by atoms with Crippen LogP contribution in [0, 0.1) is 5.82 Å². The number of nitrogens with one attached hydrogen (secondary N) is 2. The van der Waals surface area contributed by atoms with Crippen LogP contribution < -0.4 is 5.32 Å². The van der Waals surface area contributed by atoms with Crippen LogP contribution in [-0.4, -0.2) is 36.4 Å². The van der Waals surface area contributed by atoms with Gasteiger partial charge in [-0.1, -0.05) is 24.3 Å². The van der Waals surface area contributed by atoms with Crippen LogP contribution in [-0.2, 0) is 11.2 Å². The van der Waals surface area contributed by atoms with Crippen molar-refractivity contribution in [2.45, 2.75) is 18.9 Å². The molecule has 6 heteroatoms. The lowest BCUT2D eigenvalue weighted by atomic mass is 10.0. The molecule has 4 rings (SSSR count). The number of aromatic amines is 1. The van der Waals surface area contributed by atoms with E-state index in [9.17, 15) is 9.18 Å². The number of likely N-dealkylation sites (N-methyl/N-ethyl adjacent to an activating group) is 1. The van der Waals surface area contributed by atoms with Gasteiger partial charge in [0.15, 0.2) is 0 Å². The lowest BCUT2D eigenvalue weighted by molar-refractivity contribution is -0.121. The maximum Gasteiger partial charge on any atom is 0.220 e. The largest absolute Gasteiger partial charge is 0.354 e. The molecule has 1 atom stereocenters.